The predicted molar refractivity (Wildman–Crippen MR) is 120 cm³/mol. The molecule has 0 bridgehead atoms. The molecule has 0 saturated carbocycles. The number of nitriles is 1. The molecular formula is C22H21N7S. The van der Waals surface area contributed by atoms with Gasteiger partial charge in [-0.25, -0.2) is 4.98 Å². The van der Waals surface area contributed by atoms with Gasteiger partial charge in [-0.1, -0.05) is 37.3 Å². The number of thiophene rings is 1. The third-order valence-electron chi connectivity index (χ3n) is 5.65. The van der Waals surface area contributed by atoms with Crippen LogP contribution in [0.4, 0.5) is 11.6 Å². The molecule has 1 N–H and O–H groups in total. The molecule has 0 amide bonds. The van der Waals surface area contributed by atoms with Gasteiger partial charge in [0, 0.05) is 25.0 Å². The van der Waals surface area contributed by atoms with E-state index in [4.69, 9.17) is 4.98 Å². The first-order valence-corrected chi connectivity index (χ1v) is 10.9. The Hall–Kier alpha value is -3.31. The molecule has 1 saturated heterocycles. The molecule has 1 aromatic carbocycles. The topological polar surface area (TPSA) is 90.6 Å². The van der Waals surface area contributed by atoms with Gasteiger partial charge in [0.05, 0.1) is 5.56 Å². The third kappa shape index (κ3) is 3.42. The largest absolute Gasteiger partial charge is 0.365 e. The monoisotopic (exact) mass is 415 g/mol. The van der Waals surface area contributed by atoms with Crippen molar-refractivity contribution in [2.24, 2.45) is 5.92 Å². The highest BCUT2D eigenvalue weighted by molar-refractivity contribution is 7.26. The van der Waals surface area contributed by atoms with Crippen molar-refractivity contribution in [3.8, 4) is 6.07 Å². The molecule has 1 fully saturated rings. The maximum absolute atomic E-state index is 9.68. The fraction of sp³-hybridized carbons (Fsp3) is 0.318. The van der Waals surface area contributed by atoms with Gasteiger partial charge < -0.3 is 10.2 Å². The highest BCUT2D eigenvalue weighted by Gasteiger charge is 2.23. The SMILES string of the molecule is CC1CCN(c2nnnc3c2sc2nc(NCc4ccccc4)c(C#N)cc23)CC1. The van der Waals surface area contributed by atoms with E-state index < -0.39 is 0 Å². The molecule has 3 aromatic heterocycles. The van der Waals surface area contributed by atoms with E-state index in [0.29, 0.717) is 17.9 Å². The van der Waals surface area contributed by atoms with E-state index in [9.17, 15) is 5.26 Å². The molecule has 4 heterocycles. The standard InChI is InChI=1S/C22H21N7S/c1-14-7-9-29(10-8-14)21-19-18(26-28-27-21)17-11-16(12-23)20(25-22(17)30-19)24-13-15-5-3-2-4-6-15/h2-6,11,14H,7-10,13H2,1H3,(H,24,25). The van der Waals surface area contributed by atoms with Gasteiger partial charge in [0.1, 0.15) is 26.9 Å². The number of benzene rings is 1. The van der Waals surface area contributed by atoms with E-state index in [1.165, 1.54) is 0 Å². The molecule has 0 unspecified atom stereocenters. The number of piperidine rings is 1. The number of aromatic nitrogens is 4. The first-order chi connectivity index (χ1) is 14.7. The van der Waals surface area contributed by atoms with Gasteiger partial charge in [0.15, 0.2) is 5.82 Å². The zero-order valence-corrected chi connectivity index (χ0v) is 17.5. The number of anilines is 2. The average Bonchev–Trinajstić information content (AvgIpc) is 3.16. The lowest BCUT2D eigenvalue weighted by atomic mass is 9.99. The summed E-state index contributed by atoms with van der Waals surface area (Å²) in [6, 6.07) is 14.2. The van der Waals surface area contributed by atoms with Gasteiger partial charge in [0.2, 0.25) is 0 Å². The maximum atomic E-state index is 9.68. The summed E-state index contributed by atoms with van der Waals surface area (Å²) in [6.45, 7) is 4.85. The van der Waals surface area contributed by atoms with Crippen LogP contribution in [0.5, 0.6) is 0 Å². The molecular weight excluding hydrogens is 394 g/mol. The Morgan fingerprint density at radius 1 is 1.20 bits per heavy atom. The summed E-state index contributed by atoms with van der Waals surface area (Å²) in [7, 11) is 0. The Kier molecular flexibility index (Phi) is 4.89. The molecule has 4 aromatic rings. The first-order valence-electron chi connectivity index (χ1n) is 10.1. The number of fused-ring (bicyclic) bond motifs is 3. The van der Waals surface area contributed by atoms with Crippen molar-refractivity contribution in [2.45, 2.75) is 26.3 Å². The van der Waals surface area contributed by atoms with E-state index in [0.717, 1.165) is 63.7 Å². The molecule has 0 radical (unpaired) electrons. The van der Waals surface area contributed by atoms with Gasteiger partial charge in [-0.15, -0.1) is 21.5 Å². The highest BCUT2D eigenvalue weighted by Crippen LogP contribution is 2.38. The lowest BCUT2D eigenvalue weighted by molar-refractivity contribution is 0.436. The molecule has 150 valence electrons. The molecule has 30 heavy (non-hydrogen) atoms. The zero-order valence-electron chi connectivity index (χ0n) is 16.7. The summed E-state index contributed by atoms with van der Waals surface area (Å²) < 4.78 is 0.992. The third-order valence-corrected chi connectivity index (χ3v) is 6.73. The van der Waals surface area contributed by atoms with Crippen molar-refractivity contribution in [1.29, 1.82) is 5.26 Å². The number of nitrogens with zero attached hydrogens (tertiary/aromatic N) is 6. The average molecular weight is 416 g/mol. The van der Waals surface area contributed by atoms with Crippen LogP contribution in [-0.2, 0) is 6.54 Å². The van der Waals surface area contributed by atoms with E-state index in [1.807, 2.05) is 36.4 Å². The van der Waals surface area contributed by atoms with Crippen molar-refractivity contribution < 1.29 is 0 Å². The second kappa shape index (κ2) is 7.84. The number of hydrogen-bond acceptors (Lipinski definition) is 8. The summed E-state index contributed by atoms with van der Waals surface area (Å²) in [5.74, 6) is 2.22. The van der Waals surface area contributed by atoms with Crippen LogP contribution in [0.1, 0.15) is 30.9 Å². The second-order valence-corrected chi connectivity index (χ2v) is 8.75. The quantitative estimate of drug-likeness (QED) is 0.530. The summed E-state index contributed by atoms with van der Waals surface area (Å²) in [5.41, 5.74) is 2.42. The minimum Gasteiger partial charge on any atom is -0.365 e. The smallest absolute Gasteiger partial charge is 0.172 e. The van der Waals surface area contributed by atoms with Crippen LogP contribution in [0.3, 0.4) is 0 Å². The van der Waals surface area contributed by atoms with Crippen LogP contribution < -0.4 is 10.2 Å². The normalized spacial score (nSPS) is 14.9. The summed E-state index contributed by atoms with van der Waals surface area (Å²) in [6.07, 6.45) is 2.31. The highest BCUT2D eigenvalue weighted by atomic mass is 32.1. The van der Waals surface area contributed by atoms with Gasteiger partial charge in [-0.2, -0.15) is 5.26 Å². The maximum Gasteiger partial charge on any atom is 0.172 e. The van der Waals surface area contributed by atoms with E-state index >= 15 is 0 Å². The molecule has 1 aliphatic rings. The van der Waals surface area contributed by atoms with Crippen LogP contribution in [0.2, 0.25) is 0 Å². The molecule has 7 nitrogen and oxygen atoms in total. The van der Waals surface area contributed by atoms with Crippen molar-refractivity contribution in [2.75, 3.05) is 23.3 Å². The Labute approximate surface area is 178 Å². The zero-order chi connectivity index (χ0) is 20.5. The summed E-state index contributed by atoms with van der Waals surface area (Å²) in [4.78, 5) is 7.91. The van der Waals surface area contributed by atoms with Crippen molar-refractivity contribution >= 4 is 43.4 Å². The van der Waals surface area contributed by atoms with Crippen molar-refractivity contribution in [3.05, 3.63) is 47.5 Å². The van der Waals surface area contributed by atoms with Crippen LogP contribution in [0, 0.1) is 17.2 Å². The molecule has 0 spiro atoms. The molecule has 0 atom stereocenters. The van der Waals surface area contributed by atoms with E-state index in [-0.39, 0.29) is 0 Å². The fourth-order valence-electron chi connectivity index (χ4n) is 3.85. The van der Waals surface area contributed by atoms with Gasteiger partial charge in [0.25, 0.3) is 0 Å². The van der Waals surface area contributed by atoms with Crippen LogP contribution >= 0.6 is 11.3 Å². The van der Waals surface area contributed by atoms with E-state index in [1.54, 1.807) is 11.3 Å². The molecule has 1 aliphatic heterocycles. The van der Waals surface area contributed by atoms with Crippen molar-refractivity contribution in [3.63, 3.8) is 0 Å². The fourth-order valence-corrected chi connectivity index (χ4v) is 4.95. The van der Waals surface area contributed by atoms with Gasteiger partial charge in [-0.3, -0.25) is 0 Å². The summed E-state index contributed by atoms with van der Waals surface area (Å²) >= 11 is 1.57. The number of rotatable bonds is 4. The number of pyridine rings is 1. The Morgan fingerprint density at radius 2 is 2.00 bits per heavy atom. The van der Waals surface area contributed by atoms with Crippen LogP contribution in [0.15, 0.2) is 36.4 Å². The Morgan fingerprint density at radius 3 is 2.77 bits per heavy atom. The second-order valence-electron chi connectivity index (χ2n) is 7.75. The molecule has 5 rings (SSSR count). The van der Waals surface area contributed by atoms with E-state index in [2.05, 4.69) is 38.6 Å². The van der Waals surface area contributed by atoms with Crippen molar-refractivity contribution in [1.82, 2.24) is 20.4 Å². The molecule has 8 heteroatoms. The minimum atomic E-state index is 0.505. The lowest BCUT2D eigenvalue weighted by Gasteiger charge is -2.30. The van der Waals surface area contributed by atoms with Crippen LogP contribution in [-0.4, -0.2) is 33.5 Å². The van der Waals surface area contributed by atoms with Gasteiger partial charge in [-0.05, 0) is 35.6 Å². The predicted octanol–water partition coefficient (Wildman–Crippen LogP) is 4.35. The molecule has 0 aliphatic carbocycles. The van der Waals surface area contributed by atoms with Crippen LogP contribution in [0.25, 0.3) is 20.4 Å². The number of hydrogen-bond donors (Lipinski definition) is 1. The Bertz CT molecular complexity index is 1240. The minimum absolute atomic E-state index is 0.505. The lowest BCUT2D eigenvalue weighted by Crippen LogP contribution is -2.33. The Balaban J connectivity index is 1.54. The first kappa shape index (κ1) is 18.7. The number of nitrogens with one attached hydrogen (secondary N) is 1. The summed E-state index contributed by atoms with van der Waals surface area (Å²) in [5, 5.41) is 26.5. The van der Waals surface area contributed by atoms with Gasteiger partial charge >= 0.3 is 0 Å².